The summed E-state index contributed by atoms with van der Waals surface area (Å²) in [6.45, 7) is 3.85. The summed E-state index contributed by atoms with van der Waals surface area (Å²) in [7, 11) is 0. The Labute approximate surface area is 216 Å². The van der Waals surface area contributed by atoms with Crippen molar-refractivity contribution in [3.8, 4) is 5.75 Å². The van der Waals surface area contributed by atoms with Gasteiger partial charge in [-0.3, -0.25) is 14.9 Å². The predicted molar refractivity (Wildman–Crippen MR) is 143 cm³/mol. The number of carbonyl (C=O) groups is 3. The van der Waals surface area contributed by atoms with E-state index in [1.165, 1.54) is 18.2 Å². The van der Waals surface area contributed by atoms with Crippen LogP contribution in [-0.4, -0.2) is 23.0 Å². The summed E-state index contributed by atoms with van der Waals surface area (Å²) in [5.74, 6) is -0.793. The van der Waals surface area contributed by atoms with Crippen LogP contribution in [0.4, 0.5) is 16.2 Å². The second kappa shape index (κ2) is 12.4. The maximum atomic E-state index is 12.7. The lowest BCUT2D eigenvalue weighted by molar-refractivity contribution is -0.111. The number of amides is 3. The Morgan fingerprint density at radius 1 is 0.973 bits per heavy atom. The number of ether oxygens (including phenoxy) is 1. The number of hydrogen-bond acceptors (Lipinski definition) is 6. The van der Waals surface area contributed by atoms with Crippen molar-refractivity contribution in [1.82, 2.24) is 5.32 Å². The summed E-state index contributed by atoms with van der Waals surface area (Å²) in [5, 5.41) is 14.7. The Morgan fingerprint density at radius 2 is 1.62 bits per heavy atom. The first-order chi connectivity index (χ1) is 17.7. The first-order valence-corrected chi connectivity index (χ1v) is 11.8. The molecular formula is C29H31N3O5. The fourth-order valence-corrected chi connectivity index (χ4v) is 3.78. The number of para-hydroxylation sites is 2. The van der Waals surface area contributed by atoms with Gasteiger partial charge in [0.1, 0.15) is 11.9 Å². The number of benzene rings is 3. The number of phenolic OH excluding ortho intramolecular Hbond substituents is 1. The Hall–Kier alpha value is -4.59. The minimum Gasteiger partial charge on any atom is -0.508 e. The van der Waals surface area contributed by atoms with E-state index in [9.17, 15) is 19.5 Å². The van der Waals surface area contributed by atoms with E-state index in [0.29, 0.717) is 35.3 Å². The molecule has 3 aromatic carbocycles. The average Bonchev–Trinajstić information content (AvgIpc) is 2.88. The number of alkyl carbamates (subject to hydrolysis) is 1. The van der Waals surface area contributed by atoms with Crippen molar-refractivity contribution in [2.45, 2.75) is 32.8 Å². The van der Waals surface area contributed by atoms with Crippen LogP contribution in [0.25, 0.3) is 0 Å². The third-order valence-electron chi connectivity index (χ3n) is 5.83. The Balaban J connectivity index is 1.66. The van der Waals surface area contributed by atoms with Gasteiger partial charge in [-0.1, -0.05) is 62.4 Å². The molecule has 3 rings (SSSR count). The van der Waals surface area contributed by atoms with Gasteiger partial charge in [0.2, 0.25) is 5.91 Å². The van der Waals surface area contributed by atoms with Gasteiger partial charge in [0, 0.05) is 11.0 Å². The molecule has 0 heterocycles. The molecule has 5 N–H and O–H groups in total. The fourth-order valence-electron chi connectivity index (χ4n) is 3.78. The number of carbonyl (C=O) groups excluding carboxylic acids is 3. The van der Waals surface area contributed by atoms with Crippen molar-refractivity contribution >= 4 is 29.3 Å². The van der Waals surface area contributed by atoms with Gasteiger partial charge >= 0.3 is 6.09 Å². The molecule has 0 saturated heterocycles. The highest BCUT2D eigenvalue weighted by atomic mass is 16.6. The zero-order valence-corrected chi connectivity index (χ0v) is 20.8. The SMILES string of the molecule is CC(C)(CC/C=C/C(=O)Nc1ccccc1N)[C@H](OC(=O)NC(=O)c1ccccc1)c1ccc(O)cc1. The molecule has 192 valence electrons. The molecule has 0 saturated carbocycles. The van der Waals surface area contributed by atoms with E-state index in [1.807, 2.05) is 13.8 Å². The van der Waals surface area contributed by atoms with Crippen LogP contribution in [0.3, 0.4) is 0 Å². The van der Waals surface area contributed by atoms with Crippen molar-refractivity contribution in [3.05, 3.63) is 102 Å². The van der Waals surface area contributed by atoms with Gasteiger partial charge in [-0.05, 0) is 60.9 Å². The topological polar surface area (TPSA) is 131 Å². The number of imide groups is 1. The molecule has 8 nitrogen and oxygen atoms in total. The lowest BCUT2D eigenvalue weighted by atomic mass is 9.78. The molecule has 1 atom stereocenters. The molecule has 0 aliphatic heterocycles. The highest BCUT2D eigenvalue weighted by Crippen LogP contribution is 2.41. The Morgan fingerprint density at radius 3 is 2.30 bits per heavy atom. The predicted octanol–water partition coefficient (Wildman–Crippen LogP) is 5.58. The van der Waals surface area contributed by atoms with Gasteiger partial charge < -0.3 is 20.9 Å². The van der Waals surface area contributed by atoms with E-state index in [1.54, 1.807) is 72.8 Å². The van der Waals surface area contributed by atoms with Crippen LogP contribution >= 0.6 is 0 Å². The molecule has 0 unspecified atom stereocenters. The van der Waals surface area contributed by atoms with Crippen LogP contribution < -0.4 is 16.4 Å². The Kier molecular flexibility index (Phi) is 9.05. The largest absolute Gasteiger partial charge is 0.508 e. The van der Waals surface area contributed by atoms with Gasteiger partial charge in [0.05, 0.1) is 11.4 Å². The molecule has 0 aliphatic rings. The summed E-state index contributed by atoms with van der Waals surface area (Å²) in [6, 6.07) is 21.7. The van der Waals surface area contributed by atoms with E-state index in [-0.39, 0.29) is 11.7 Å². The van der Waals surface area contributed by atoms with Gasteiger partial charge in [-0.15, -0.1) is 0 Å². The highest BCUT2D eigenvalue weighted by molar-refractivity contribution is 6.03. The van der Waals surface area contributed by atoms with Crippen LogP contribution in [0.5, 0.6) is 5.75 Å². The quantitative estimate of drug-likeness (QED) is 0.224. The van der Waals surface area contributed by atoms with Crippen molar-refractivity contribution in [2.75, 3.05) is 11.1 Å². The number of hydrogen-bond donors (Lipinski definition) is 4. The van der Waals surface area contributed by atoms with Gasteiger partial charge in [0.25, 0.3) is 5.91 Å². The molecular weight excluding hydrogens is 470 g/mol. The maximum absolute atomic E-state index is 12.7. The highest BCUT2D eigenvalue weighted by Gasteiger charge is 2.34. The molecule has 8 heteroatoms. The maximum Gasteiger partial charge on any atom is 0.414 e. The van der Waals surface area contributed by atoms with Crippen LogP contribution in [0.2, 0.25) is 0 Å². The number of rotatable bonds is 9. The van der Waals surface area contributed by atoms with E-state index in [0.717, 1.165) is 0 Å². The van der Waals surface area contributed by atoms with E-state index < -0.39 is 23.5 Å². The molecule has 37 heavy (non-hydrogen) atoms. The monoisotopic (exact) mass is 501 g/mol. The number of nitrogens with one attached hydrogen (secondary N) is 2. The zero-order valence-electron chi connectivity index (χ0n) is 20.8. The van der Waals surface area contributed by atoms with Crippen LogP contribution in [0, 0.1) is 5.41 Å². The van der Waals surface area contributed by atoms with Crippen LogP contribution in [-0.2, 0) is 9.53 Å². The smallest absolute Gasteiger partial charge is 0.414 e. The van der Waals surface area contributed by atoms with Crippen LogP contribution in [0.1, 0.15) is 48.7 Å². The normalized spacial score (nSPS) is 12.1. The minimum atomic E-state index is -0.879. The third kappa shape index (κ3) is 7.96. The number of aromatic hydroxyl groups is 1. The van der Waals surface area contributed by atoms with E-state index in [4.69, 9.17) is 10.5 Å². The Bertz CT molecular complexity index is 1250. The third-order valence-corrected chi connectivity index (χ3v) is 5.83. The van der Waals surface area contributed by atoms with Crippen molar-refractivity contribution < 1.29 is 24.2 Å². The van der Waals surface area contributed by atoms with Gasteiger partial charge in [0.15, 0.2) is 0 Å². The lowest BCUT2D eigenvalue weighted by Gasteiger charge is -2.34. The standard InChI is InChI=1S/C29H31N3O5/c1-29(2,19-9-8-14-25(34)31-24-13-7-6-12-23(24)30)26(20-15-17-22(33)18-16-20)37-28(36)32-27(35)21-10-4-3-5-11-21/h3-8,10-18,26,33H,9,19,30H2,1-2H3,(H,31,34)(H,32,35,36)/b14-8+/t26-/m1/s1. The van der Waals surface area contributed by atoms with Crippen molar-refractivity contribution in [3.63, 3.8) is 0 Å². The first kappa shape index (κ1) is 27.0. The number of anilines is 2. The first-order valence-electron chi connectivity index (χ1n) is 11.8. The molecule has 0 aromatic heterocycles. The molecule has 3 amide bonds. The van der Waals surface area contributed by atoms with E-state index in [2.05, 4.69) is 10.6 Å². The molecule has 0 bridgehead atoms. The molecule has 0 radical (unpaired) electrons. The number of nitrogen functional groups attached to an aromatic ring is 1. The molecule has 3 aromatic rings. The van der Waals surface area contributed by atoms with Crippen molar-refractivity contribution in [1.29, 1.82) is 0 Å². The van der Waals surface area contributed by atoms with Crippen molar-refractivity contribution in [2.24, 2.45) is 5.41 Å². The fraction of sp³-hybridized carbons (Fsp3) is 0.207. The second-order valence-electron chi connectivity index (χ2n) is 9.20. The minimum absolute atomic E-state index is 0.0806. The number of phenols is 1. The zero-order chi connectivity index (χ0) is 26.8. The van der Waals surface area contributed by atoms with Crippen LogP contribution in [0.15, 0.2) is 91.0 Å². The average molecular weight is 502 g/mol. The van der Waals surface area contributed by atoms with Gasteiger partial charge in [-0.25, -0.2) is 4.79 Å². The molecule has 0 aliphatic carbocycles. The number of nitrogens with two attached hydrogens (primary N) is 1. The molecule has 0 fully saturated rings. The summed E-state index contributed by atoms with van der Waals surface area (Å²) in [4.78, 5) is 37.3. The number of allylic oxidation sites excluding steroid dienone is 1. The van der Waals surface area contributed by atoms with Gasteiger partial charge in [-0.2, -0.15) is 0 Å². The summed E-state index contributed by atoms with van der Waals surface area (Å²) in [5.41, 5.74) is 7.28. The lowest BCUT2D eigenvalue weighted by Crippen LogP contribution is -2.35. The summed E-state index contributed by atoms with van der Waals surface area (Å²) < 4.78 is 5.73. The summed E-state index contributed by atoms with van der Waals surface area (Å²) in [6.07, 6.45) is 2.63. The second-order valence-corrected chi connectivity index (χ2v) is 9.20. The molecule has 0 spiro atoms. The summed E-state index contributed by atoms with van der Waals surface area (Å²) >= 11 is 0. The van der Waals surface area contributed by atoms with E-state index >= 15 is 0 Å².